The van der Waals surface area contributed by atoms with Gasteiger partial charge in [-0.1, -0.05) is 37.5 Å². The van der Waals surface area contributed by atoms with Crippen LogP contribution in [-0.2, 0) is 22.6 Å². The number of hydrogen-bond acceptors (Lipinski definition) is 5. The standard InChI is InChI=1S/C23H30N4O3/c1-3-29-15-20-25-19-14-24-18-11-7-6-10-17(18)21(19)27(20)16-23(12-8-5-9-13-23)26-22(28)30-4-2/h6-7,10-11,14H,3-5,8-9,12-13,15-16H2,1-2H3,(H,26,28). The van der Waals surface area contributed by atoms with Crippen LogP contribution in [0.3, 0.4) is 0 Å². The van der Waals surface area contributed by atoms with Crippen LogP contribution < -0.4 is 5.32 Å². The van der Waals surface area contributed by atoms with Gasteiger partial charge in [0.1, 0.15) is 17.9 Å². The number of carbonyl (C=O) groups is 1. The Bertz CT molecular complexity index is 1020. The van der Waals surface area contributed by atoms with Crippen LogP contribution in [0.1, 0.15) is 51.8 Å². The van der Waals surface area contributed by atoms with Crippen molar-refractivity contribution in [3.63, 3.8) is 0 Å². The number of para-hydroxylation sites is 1. The Morgan fingerprint density at radius 3 is 2.70 bits per heavy atom. The second-order valence-corrected chi connectivity index (χ2v) is 7.95. The van der Waals surface area contributed by atoms with E-state index in [1.807, 2.05) is 38.2 Å². The quantitative estimate of drug-likeness (QED) is 0.617. The van der Waals surface area contributed by atoms with Crippen LogP contribution in [0.4, 0.5) is 4.79 Å². The number of nitrogens with zero attached hydrogens (tertiary/aromatic N) is 3. The molecule has 2 aromatic heterocycles. The summed E-state index contributed by atoms with van der Waals surface area (Å²) in [7, 11) is 0. The fourth-order valence-electron chi connectivity index (χ4n) is 4.52. The predicted molar refractivity (Wildman–Crippen MR) is 116 cm³/mol. The van der Waals surface area contributed by atoms with Crippen LogP contribution in [0.5, 0.6) is 0 Å². The number of benzene rings is 1. The number of imidazole rings is 1. The minimum Gasteiger partial charge on any atom is -0.450 e. The molecule has 1 saturated carbocycles. The average molecular weight is 411 g/mol. The van der Waals surface area contributed by atoms with Crippen LogP contribution in [0, 0.1) is 0 Å². The topological polar surface area (TPSA) is 78.3 Å². The minimum atomic E-state index is -0.358. The van der Waals surface area contributed by atoms with Gasteiger partial charge in [0.15, 0.2) is 0 Å². The second-order valence-electron chi connectivity index (χ2n) is 7.95. The predicted octanol–water partition coefficient (Wildman–Crippen LogP) is 4.57. The number of rotatable bonds is 7. The van der Waals surface area contributed by atoms with E-state index >= 15 is 0 Å². The first-order chi connectivity index (χ1) is 14.7. The zero-order valence-corrected chi connectivity index (χ0v) is 17.8. The van der Waals surface area contributed by atoms with Crippen molar-refractivity contribution in [2.24, 2.45) is 0 Å². The van der Waals surface area contributed by atoms with Gasteiger partial charge in [0.05, 0.1) is 29.4 Å². The number of fused-ring (bicyclic) bond motifs is 3. The second kappa shape index (κ2) is 9.00. The van der Waals surface area contributed by atoms with Crippen molar-refractivity contribution in [2.75, 3.05) is 13.2 Å². The van der Waals surface area contributed by atoms with Crippen LogP contribution >= 0.6 is 0 Å². The fourth-order valence-corrected chi connectivity index (χ4v) is 4.52. The average Bonchev–Trinajstić information content (AvgIpc) is 3.10. The molecule has 0 atom stereocenters. The molecular weight excluding hydrogens is 380 g/mol. The molecule has 0 aliphatic heterocycles. The van der Waals surface area contributed by atoms with Crippen molar-refractivity contribution in [3.05, 3.63) is 36.3 Å². The van der Waals surface area contributed by atoms with Crippen molar-refractivity contribution in [1.29, 1.82) is 0 Å². The zero-order valence-electron chi connectivity index (χ0n) is 17.8. The molecule has 0 saturated heterocycles. The summed E-state index contributed by atoms with van der Waals surface area (Å²) in [4.78, 5) is 21.8. The Morgan fingerprint density at radius 2 is 1.93 bits per heavy atom. The summed E-state index contributed by atoms with van der Waals surface area (Å²) in [6, 6.07) is 8.12. The third-order valence-electron chi connectivity index (χ3n) is 5.91. The van der Waals surface area contributed by atoms with Crippen molar-refractivity contribution in [1.82, 2.24) is 19.9 Å². The number of carbonyl (C=O) groups excluding carboxylic acids is 1. The van der Waals surface area contributed by atoms with Gasteiger partial charge >= 0.3 is 6.09 Å². The number of aromatic nitrogens is 3. The minimum absolute atomic E-state index is 0.346. The summed E-state index contributed by atoms with van der Waals surface area (Å²) in [5, 5.41) is 4.26. The van der Waals surface area contributed by atoms with Gasteiger partial charge in [-0.2, -0.15) is 0 Å². The summed E-state index contributed by atoms with van der Waals surface area (Å²) in [6.07, 6.45) is 6.68. The van der Waals surface area contributed by atoms with E-state index in [0.717, 1.165) is 53.4 Å². The molecule has 2 heterocycles. The first-order valence-electron chi connectivity index (χ1n) is 10.9. The van der Waals surface area contributed by atoms with E-state index in [4.69, 9.17) is 14.5 Å². The summed E-state index contributed by atoms with van der Waals surface area (Å²) in [5.41, 5.74) is 2.48. The van der Waals surface area contributed by atoms with Crippen LogP contribution in [0.15, 0.2) is 30.5 Å². The van der Waals surface area contributed by atoms with Crippen LogP contribution in [0.25, 0.3) is 21.9 Å². The Labute approximate surface area is 176 Å². The van der Waals surface area contributed by atoms with E-state index in [2.05, 4.69) is 20.9 Å². The lowest BCUT2D eigenvalue weighted by molar-refractivity contribution is 0.114. The first-order valence-corrected chi connectivity index (χ1v) is 10.9. The number of hydrogen-bond donors (Lipinski definition) is 1. The summed E-state index contributed by atoms with van der Waals surface area (Å²) >= 11 is 0. The maximum absolute atomic E-state index is 12.4. The molecule has 30 heavy (non-hydrogen) atoms. The highest BCUT2D eigenvalue weighted by Gasteiger charge is 2.36. The lowest BCUT2D eigenvalue weighted by atomic mass is 9.81. The van der Waals surface area contributed by atoms with Crippen LogP contribution in [0.2, 0.25) is 0 Å². The highest BCUT2D eigenvalue weighted by atomic mass is 16.5. The third-order valence-corrected chi connectivity index (χ3v) is 5.91. The molecule has 1 aliphatic rings. The molecule has 1 amide bonds. The van der Waals surface area contributed by atoms with Gasteiger partial charge in [0, 0.05) is 18.5 Å². The molecule has 0 spiro atoms. The number of pyridine rings is 1. The zero-order chi connectivity index (χ0) is 21.0. The van der Waals surface area contributed by atoms with Gasteiger partial charge in [-0.25, -0.2) is 9.78 Å². The van der Waals surface area contributed by atoms with E-state index in [-0.39, 0.29) is 11.6 Å². The Kier molecular flexibility index (Phi) is 6.18. The molecular formula is C23H30N4O3. The molecule has 0 radical (unpaired) electrons. The molecule has 7 heteroatoms. The number of ether oxygens (including phenoxy) is 2. The summed E-state index contributed by atoms with van der Waals surface area (Å²) < 4.78 is 13.2. The number of amides is 1. The lowest BCUT2D eigenvalue weighted by Gasteiger charge is -2.38. The highest BCUT2D eigenvalue weighted by Crippen LogP contribution is 2.33. The van der Waals surface area contributed by atoms with Gasteiger partial charge in [-0.15, -0.1) is 0 Å². The van der Waals surface area contributed by atoms with Crippen molar-refractivity contribution >= 4 is 28.0 Å². The van der Waals surface area contributed by atoms with E-state index in [0.29, 0.717) is 26.4 Å². The molecule has 1 aromatic carbocycles. The van der Waals surface area contributed by atoms with E-state index in [1.165, 1.54) is 6.42 Å². The van der Waals surface area contributed by atoms with Gasteiger partial charge in [-0.3, -0.25) is 4.98 Å². The van der Waals surface area contributed by atoms with Gasteiger partial charge in [0.25, 0.3) is 0 Å². The van der Waals surface area contributed by atoms with E-state index in [1.54, 1.807) is 0 Å². The van der Waals surface area contributed by atoms with Crippen LogP contribution in [-0.4, -0.2) is 39.4 Å². The molecule has 1 N–H and O–H groups in total. The molecule has 160 valence electrons. The van der Waals surface area contributed by atoms with Gasteiger partial charge in [0.2, 0.25) is 0 Å². The Hall–Kier alpha value is -2.67. The number of alkyl carbamates (subject to hydrolysis) is 1. The third kappa shape index (κ3) is 4.12. The number of nitrogens with one attached hydrogen (secondary N) is 1. The van der Waals surface area contributed by atoms with Gasteiger partial charge in [-0.05, 0) is 32.8 Å². The van der Waals surface area contributed by atoms with Gasteiger partial charge < -0.3 is 19.4 Å². The maximum Gasteiger partial charge on any atom is 0.407 e. The largest absolute Gasteiger partial charge is 0.450 e. The molecule has 3 aromatic rings. The van der Waals surface area contributed by atoms with E-state index < -0.39 is 0 Å². The summed E-state index contributed by atoms with van der Waals surface area (Å²) in [5.74, 6) is 0.862. The molecule has 7 nitrogen and oxygen atoms in total. The summed E-state index contributed by atoms with van der Waals surface area (Å²) in [6.45, 7) is 5.86. The SMILES string of the molecule is CCOCc1nc2cnc3ccccc3c2n1CC1(NC(=O)OCC)CCCCC1. The Balaban J connectivity index is 1.81. The fraction of sp³-hybridized carbons (Fsp3) is 0.522. The van der Waals surface area contributed by atoms with E-state index in [9.17, 15) is 4.79 Å². The Morgan fingerprint density at radius 1 is 1.13 bits per heavy atom. The van der Waals surface area contributed by atoms with Crippen molar-refractivity contribution in [3.8, 4) is 0 Å². The van der Waals surface area contributed by atoms with Crippen molar-refractivity contribution in [2.45, 2.75) is 64.6 Å². The molecule has 1 fully saturated rings. The maximum atomic E-state index is 12.4. The monoisotopic (exact) mass is 410 g/mol. The molecule has 0 unspecified atom stereocenters. The highest BCUT2D eigenvalue weighted by molar-refractivity contribution is 6.02. The van der Waals surface area contributed by atoms with Crippen molar-refractivity contribution < 1.29 is 14.3 Å². The smallest absolute Gasteiger partial charge is 0.407 e. The molecule has 0 bridgehead atoms. The first kappa shape index (κ1) is 20.6. The molecule has 1 aliphatic carbocycles. The molecule has 4 rings (SSSR count). The normalized spacial score (nSPS) is 16.1. The lowest BCUT2D eigenvalue weighted by Crippen LogP contribution is -2.53.